The average molecular weight is 290 g/mol. The number of carboxylic acid groups (broad SMARTS) is 1. The molecule has 6 nitrogen and oxygen atoms in total. The number of carbonyl (C=O) groups is 3. The Morgan fingerprint density at radius 1 is 1.29 bits per heavy atom. The lowest BCUT2D eigenvalue weighted by atomic mass is 10.1. The van der Waals surface area contributed by atoms with Crippen LogP contribution >= 0.6 is 0 Å². The van der Waals surface area contributed by atoms with E-state index < -0.39 is 11.9 Å². The Morgan fingerprint density at radius 2 is 1.90 bits per heavy atom. The lowest BCUT2D eigenvalue weighted by Crippen LogP contribution is -2.25. The van der Waals surface area contributed by atoms with Gasteiger partial charge in [0.15, 0.2) is 0 Å². The van der Waals surface area contributed by atoms with Gasteiger partial charge >= 0.3 is 5.97 Å². The fourth-order valence-electron chi connectivity index (χ4n) is 2.13. The third-order valence-corrected chi connectivity index (χ3v) is 3.45. The summed E-state index contributed by atoms with van der Waals surface area (Å²) in [5, 5.41) is 11.7. The fourth-order valence-corrected chi connectivity index (χ4v) is 2.13. The number of carbonyl (C=O) groups excluding carboxylic acids is 2. The molecule has 1 aromatic rings. The first kappa shape index (κ1) is 15.0. The summed E-state index contributed by atoms with van der Waals surface area (Å²) in [6.45, 7) is 3.79. The summed E-state index contributed by atoms with van der Waals surface area (Å²) >= 11 is 0. The molecule has 112 valence electrons. The first-order valence-corrected chi connectivity index (χ1v) is 6.82. The van der Waals surface area contributed by atoms with E-state index in [9.17, 15) is 14.4 Å². The van der Waals surface area contributed by atoms with Crippen molar-refractivity contribution in [2.24, 2.45) is 11.8 Å². The van der Waals surface area contributed by atoms with Crippen LogP contribution in [0, 0.1) is 11.8 Å². The third-order valence-electron chi connectivity index (χ3n) is 3.45. The highest BCUT2D eigenvalue weighted by Crippen LogP contribution is 2.26. The van der Waals surface area contributed by atoms with Crippen molar-refractivity contribution in [3.63, 3.8) is 0 Å². The van der Waals surface area contributed by atoms with Crippen LogP contribution in [0.1, 0.15) is 20.3 Å². The van der Waals surface area contributed by atoms with Crippen molar-refractivity contribution in [1.82, 2.24) is 0 Å². The zero-order valence-electron chi connectivity index (χ0n) is 12.0. The second-order valence-corrected chi connectivity index (χ2v) is 5.43. The van der Waals surface area contributed by atoms with E-state index in [-0.39, 0.29) is 30.7 Å². The molecule has 1 aromatic carbocycles. The molecular formula is C15H18N2O4. The zero-order valence-corrected chi connectivity index (χ0v) is 12.0. The summed E-state index contributed by atoms with van der Waals surface area (Å²) in [4.78, 5) is 35.8. The van der Waals surface area contributed by atoms with Gasteiger partial charge in [-0.2, -0.15) is 0 Å². The van der Waals surface area contributed by atoms with Gasteiger partial charge < -0.3 is 15.3 Å². The number of benzene rings is 1. The number of aliphatic carboxylic acids is 1. The molecule has 1 heterocycles. The Balaban J connectivity index is 2.07. The van der Waals surface area contributed by atoms with Gasteiger partial charge in [-0.3, -0.25) is 14.4 Å². The Bertz CT molecular complexity index is 566. The van der Waals surface area contributed by atoms with Crippen molar-refractivity contribution in [3.05, 3.63) is 24.3 Å². The molecule has 0 aliphatic carbocycles. The van der Waals surface area contributed by atoms with Gasteiger partial charge in [-0.15, -0.1) is 0 Å². The molecule has 1 atom stereocenters. The van der Waals surface area contributed by atoms with Gasteiger partial charge in [0.25, 0.3) is 0 Å². The van der Waals surface area contributed by atoms with Crippen molar-refractivity contribution >= 4 is 29.2 Å². The smallest absolute Gasteiger partial charge is 0.308 e. The molecule has 1 fully saturated rings. The highest BCUT2D eigenvalue weighted by molar-refractivity contribution is 5.99. The molecule has 0 radical (unpaired) electrons. The van der Waals surface area contributed by atoms with E-state index >= 15 is 0 Å². The number of anilines is 2. The van der Waals surface area contributed by atoms with Gasteiger partial charge in [0, 0.05) is 30.3 Å². The second-order valence-electron chi connectivity index (χ2n) is 5.43. The van der Waals surface area contributed by atoms with Crippen molar-refractivity contribution in [1.29, 1.82) is 0 Å². The minimum absolute atomic E-state index is 0.0289. The molecule has 1 aliphatic rings. The molecule has 0 saturated carbocycles. The van der Waals surface area contributed by atoms with Crippen LogP contribution in [0.2, 0.25) is 0 Å². The maximum absolute atomic E-state index is 11.8. The predicted octanol–water partition coefficient (Wildman–Crippen LogP) is 1.72. The molecule has 0 spiro atoms. The maximum atomic E-state index is 11.8. The molecule has 0 unspecified atom stereocenters. The lowest BCUT2D eigenvalue weighted by Gasteiger charge is -2.17. The van der Waals surface area contributed by atoms with Crippen LogP contribution in [0.3, 0.4) is 0 Å². The highest BCUT2D eigenvalue weighted by atomic mass is 16.4. The van der Waals surface area contributed by atoms with Gasteiger partial charge in [-0.05, 0) is 24.3 Å². The van der Waals surface area contributed by atoms with E-state index in [0.717, 1.165) is 0 Å². The number of nitrogens with zero attached hydrogens (tertiary/aromatic N) is 1. The predicted molar refractivity (Wildman–Crippen MR) is 78.0 cm³/mol. The second kappa shape index (κ2) is 5.95. The minimum Gasteiger partial charge on any atom is -0.481 e. The van der Waals surface area contributed by atoms with Gasteiger partial charge in [0.1, 0.15) is 0 Å². The van der Waals surface area contributed by atoms with Crippen LogP contribution in [-0.2, 0) is 14.4 Å². The number of amides is 2. The summed E-state index contributed by atoms with van der Waals surface area (Å²) < 4.78 is 0. The van der Waals surface area contributed by atoms with Crippen LogP contribution in [0.4, 0.5) is 11.4 Å². The van der Waals surface area contributed by atoms with Crippen LogP contribution in [0.25, 0.3) is 0 Å². The SMILES string of the molecule is CC(C)C(=O)Nc1ccc(N2C[C@H](C(=O)O)CC2=O)cc1. The molecule has 0 bridgehead atoms. The number of nitrogens with one attached hydrogen (secondary N) is 1. The number of hydrogen-bond donors (Lipinski definition) is 2. The monoisotopic (exact) mass is 290 g/mol. The van der Waals surface area contributed by atoms with E-state index in [0.29, 0.717) is 11.4 Å². The molecule has 0 aromatic heterocycles. The van der Waals surface area contributed by atoms with Gasteiger partial charge in [0.05, 0.1) is 5.92 Å². The van der Waals surface area contributed by atoms with E-state index in [1.54, 1.807) is 38.1 Å². The van der Waals surface area contributed by atoms with Crippen LogP contribution in [0.15, 0.2) is 24.3 Å². The summed E-state index contributed by atoms with van der Waals surface area (Å²) in [5.74, 6) is -1.99. The summed E-state index contributed by atoms with van der Waals surface area (Å²) in [6, 6.07) is 6.82. The molecule has 1 aliphatic heterocycles. The van der Waals surface area contributed by atoms with Crippen molar-refractivity contribution < 1.29 is 19.5 Å². The maximum Gasteiger partial charge on any atom is 0.308 e. The highest BCUT2D eigenvalue weighted by Gasteiger charge is 2.34. The van der Waals surface area contributed by atoms with Gasteiger partial charge in [0.2, 0.25) is 11.8 Å². The van der Waals surface area contributed by atoms with Crippen LogP contribution in [0.5, 0.6) is 0 Å². The number of carboxylic acids is 1. The molecule has 6 heteroatoms. The molecule has 21 heavy (non-hydrogen) atoms. The lowest BCUT2D eigenvalue weighted by molar-refractivity contribution is -0.141. The Labute approximate surface area is 122 Å². The van der Waals surface area contributed by atoms with Crippen molar-refractivity contribution in [2.45, 2.75) is 20.3 Å². The van der Waals surface area contributed by atoms with Crippen molar-refractivity contribution in [2.75, 3.05) is 16.8 Å². The Kier molecular flexibility index (Phi) is 4.26. The fraction of sp³-hybridized carbons (Fsp3) is 0.400. The first-order chi connectivity index (χ1) is 9.88. The van der Waals surface area contributed by atoms with E-state index in [1.807, 2.05) is 0 Å². The van der Waals surface area contributed by atoms with Gasteiger partial charge in [-0.25, -0.2) is 0 Å². The zero-order chi connectivity index (χ0) is 15.6. The van der Waals surface area contributed by atoms with Crippen molar-refractivity contribution in [3.8, 4) is 0 Å². The number of rotatable bonds is 4. The first-order valence-electron chi connectivity index (χ1n) is 6.82. The topological polar surface area (TPSA) is 86.7 Å². The number of hydrogen-bond acceptors (Lipinski definition) is 3. The minimum atomic E-state index is -0.952. The van der Waals surface area contributed by atoms with Gasteiger partial charge in [-0.1, -0.05) is 13.8 Å². The summed E-state index contributed by atoms with van der Waals surface area (Å²) in [7, 11) is 0. The summed E-state index contributed by atoms with van der Waals surface area (Å²) in [5.41, 5.74) is 1.30. The van der Waals surface area contributed by atoms with Crippen LogP contribution in [-0.4, -0.2) is 29.4 Å². The third kappa shape index (κ3) is 3.39. The molecule has 2 rings (SSSR count). The Morgan fingerprint density at radius 3 is 2.38 bits per heavy atom. The molecular weight excluding hydrogens is 272 g/mol. The molecule has 2 N–H and O–H groups in total. The normalized spacial score (nSPS) is 18.1. The van der Waals surface area contributed by atoms with Crippen LogP contribution < -0.4 is 10.2 Å². The quantitative estimate of drug-likeness (QED) is 0.884. The summed E-state index contributed by atoms with van der Waals surface area (Å²) in [6.07, 6.45) is 0.0289. The van der Waals surface area contributed by atoms with E-state index in [1.165, 1.54) is 4.90 Å². The Hall–Kier alpha value is -2.37. The van der Waals surface area contributed by atoms with E-state index in [2.05, 4.69) is 5.32 Å². The standard InChI is InChI=1S/C15H18N2O4/c1-9(2)14(19)16-11-3-5-12(6-4-11)17-8-10(15(20)21)7-13(17)18/h3-6,9-10H,7-8H2,1-2H3,(H,16,19)(H,20,21)/t10-/m1/s1. The molecule has 2 amide bonds. The largest absolute Gasteiger partial charge is 0.481 e. The average Bonchev–Trinajstić information content (AvgIpc) is 2.82. The van der Waals surface area contributed by atoms with E-state index in [4.69, 9.17) is 5.11 Å². The molecule has 1 saturated heterocycles.